The van der Waals surface area contributed by atoms with Gasteiger partial charge in [-0.15, -0.1) is 0 Å². The zero-order valence-corrected chi connectivity index (χ0v) is 13.0. The van der Waals surface area contributed by atoms with Gasteiger partial charge in [-0.2, -0.15) is 0 Å². The Morgan fingerprint density at radius 2 is 1.60 bits per heavy atom. The Balaban J connectivity index is 3.39. The lowest BCUT2D eigenvalue weighted by atomic mass is 10.0. The lowest BCUT2D eigenvalue weighted by Crippen LogP contribution is -2.24. The third-order valence-corrected chi connectivity index (χ3v) is 4.78. The fourth-order valence-corrected chi connectivity index (χ4v) is 2.46. The molecule has 0 heterocycles. The predicted molar refractivity (Wildman–Crippen MR) is 75.4 cm³/mol. The third-order valence-electron chi connectivity index (χ3n) is 3.17. The summed E-state index contributed by atoms with van der Waals surface area (Å²) in [5.41, 5.74) is 0.336. The molecule has 0 aliphatic rings. The van der Waals surface area contributed by atoms with Gasteiger partial charge in [-0.3, -0.25) is 0 Å². The fourth-order valence-electron chi connectivity index (χ4n) is 1.84. The van der Waals surface area contributed by atoms with Crippen LogP contribution in [0.3, 0.4) is 0 Å². The standard InChI is InChI=1S/C13H20O6S/c1-8(20(5,15)16)11(14)9-6-7-10(17-2)13(19-4)12(9)18-3/h6-8,11,14H,1-5H3. The smallest absolute Gasteiger partial charge is 0.203 e. The van der Waals surface area contributed by atoms with Crippen molar-refractivity contribution in [2.75, 3.05) is 27.6 Å². The van der Waals surface area contributed by atoms with Crippen LogP contribution in [0.5, 0.6) is 17.2 Å². The first-order chi connectivity index (χ1) is 9.27. The van der Waals surface area contributed by atoms with Gasteiger partial charge in [-0.1, -0.05) is 0 Å². The van der Waals surface area contributed by atoms with Gasteiger partial charge < -0.3 is 19.3 Å². The Morgan fingerprint density at radius 3 is 2.00 bits per heavy atom. The van der Waals surface area contributed by atoms with Crippen LogP contribution in [0.15, 0.2) is 12.1 Å². The third kappa shape index (κ3) is 3.16. The van der Waals surface area contributed by atoms with Crippen molar-refractivity contribution in [3.05, 3.63) is 17.7 Å². The maximum atomic E-state index is 11.6. The Hall–Kier alpha value is -1.47. The molecule has 1 rings (SSSR count). The van der Waals surface area contributed by atoms with E-state index in [1.807, 2.05) is 0 Å². The average molecular weight is 304 g/mol. The molecule has 0 aliphatic carbocycles. The van der Waals surface area contributed by atoms with Gasteiger partial charge in [0.2, 0.25) is 5.75 Å². The van der Waals surface area contributed by atoms with Gasteiger partial charge >= 0.3 is 0 Å². The Bertz CT molecular complexity index is 566. The van der Waals surface area contributed by atoms with Gasteiger partial charge in [-0.25, -0.2) is 8.42 Å². The number of ether oxygens (including phenoxy) is 3. The molecular formula is C13H20O6S. The lowest BCUT2D eigenvalue weighted by molar-refractivity contribution is 0.170. The lowest BCUT2D eigenvalue weighted by Gasteiger charge is -2.22. The fraction of sp³-hybridized carbons (Fsp3) is 0.538. The number of benzene rings is 1. The molecule has 1 aromatic carbocycles. The highest BCUT2D eigenvalue weighted by Crippen LogP contribution is 2.43. The molecule has 0 bridgehead atoms. The molecule has 20 heavy (non-hydrogen) atoms. The van der Waals surface area contributed by atoms with Crippen LogP contribution in [0.4, 0.5) is 0 Å². The van der Waals surface area contributed by atoms with Gasteiger partial charge in [0.1, 0.15) is 0 Å². The summed E-state index contributed by atoms with van der Waals surface area (Å²) < 4.78 is 38.7. The number of aliphatic hydroxyl groups excluding tert-OH is 1. The quantitative estimate of drug-likeness (QED) is 0.850. The van der Waals surface area contributed by atoms with Crippen LogP contribution < -0.4 is 14.2 Å². The first-order valence-electron chi connectivity index (χ1n) is 5.93. The summed E-state index contributed by atoms with van der Waals surface area (Å²) in [5.74, 6) is 1.01. The van der Waals surface area contributed by atoms with Crippen LogP contribution in [0.2, 0.25) is 0 Å². The van der Waals surface area contributed by atoms with E-state index in [1.54, 1.807) is 12.1 Å². The van der Waals surface area contributed by atoms with Crippen molar-refractivity contribution < 1.29 is 27.7 Å². The van der Waals surface area contributed by atoms with Gasteiger partial charge in [0.05, 0.1) is 32.7 Å². The maximum Gasteiger partial charge on any atom is 0.203 e. The first-order valence-corrected chi connectivity index (χ1v) is 7.89. The summed E-state index contributed by atoms with van der Waals surface area (Å²) in [4.78, 5) is 0. The van der Waals surface area contributed by atoms with Crippen molar-refractivity contribution in [1.29, 1.82) is 0 Å². The molecule has 6 nitrogen and oxygen atoms in total. The molecule has 0 saturated heterocycles. The summed E-state index contributed by atoms with van der Waals surface area (Å²) >= 11 is 0. The summed E-state index contributed by atoms with van der Waals surface area (Å²) in [6, 6.07) is 3.15. The molecule has 0 spiro atoms. The van der Waals surface area contributed by atoms with Gasteiger partial charge in [0, 0.05) is 11.8 Å². The Morgan fingerprint density at radius 1 is 1.05 bits per heavy atom. The Kier molecular flexibility index (Phi) is 5.24. The molecule has 0 saturated carbocycles. The van der Waals surface area contributed by atoms with E-state index in [2.05, 4.69) is 0 Å². The molecular weight excluding hydrogens is 284 g/mol. The minimum atomic E-state index is -3.39. The van der Waals surface area contributed by atoms with E-state index >= 15 is 0 Å². The first kappa shape index (κ1) is 16.6. The highest BCUT2D eigenvalue weighted by atomic mass is 32.2. The van der Waals surface area contributed by atoms with Crippen molar-refractivity contribution in [2.24, 2.45) is 0 Å². The van der Waals surface area contributed by atoms with E-state index in [0.29, 0.717) is 17.1 Å². The number of hydrogen-bond donors (Lipinski definition) is 1. The molecule has 0 aliphatic heterocycles. The minimum absolute atomic E-state index is 0.259. The molecule has 0 aromatic heterocycles. The highest BCUT2D eigenvalue weighted by Gasteiger charge is 2.30. The predicted octanol–water partition coefficient (Wildman–Crippen LogP) is 1.18. The number of methoxy groups -OCH3 is 3. The normalized spacial score (nSPS) is 14.5. The molecule has 0 radical (unpaired) electrons. The number of sulfone groups is 1. The summed E-state index contributed by atoms with van der Waals surface area (Å²) in [7, 11) is 0.947. The van der Waals surface area contributed by atoms with E-state index in [1.165, 1.54) is 28.3 Å². The zero-order chi connectivity index (χ0) is 15.5. The van der Waals surface area contributed by atoms with Crippen molar-refractivity contribution in [1.82, 2.24) is 0 Å². The van der Waals surface area contributed by atoms with Crippen molar-refractivity contribution in [3.8, 4) is 17.2 Å². The summed E-state index contributed by atoms with van der Waals surface area (Å²) in [5, 5.41) is 9.30. The molecule has 1 aromatic rings. The van der Waals surface area contributed by atoms with Crippen LogP contribution in [-0.4, -0.2) is 46.4 Å². The van der Waals surface area contributed by atoms with E-state index in [4.69, 9.17) is 14.2 Å². The Labute approximate surface area is 119 Å². The summed E-state index contributed by atoms with van der Waals surface area (Å²) in [6.07, 6.45) is -0.145. The number of rotatable bonds is 6. The molecule has 114 valence electrons. The molecule has 1 N–H and O–H groups in total. The second kappa shape index (κ2) is 6.32. The number of aliphatic hydroxyl groups is 1. The average Bonchev–Trinajstić information content (AvgIpc) is 2.42. The van der Waals surface area contributed by atoms with Gasteiger partial charge in [-0.05, 0) is 19.1 Å². The van der Waals surface area contributed by atoms with E-state index in [0.717, 1.165) is 6.26 Å². The maximum absolute atomic E-state index is 11.6. The van der Waals surface area contributed by atoms with Crippen LogP contribution in [0.25, 0.3) is 0 Å². The highest BCUT2D eigenvalue weighted by molar-refractivity contribution is 7.91. The molecule has 0 amide bonds. The van der Waals surface area contributed by atoms with E-state index in [9.17, 15) is 13.5 Å². The molecule has 0 fully saturated rings. The van der Waals surface area contributed by atoms with Gasteiger partial charge in [0.15, 0.2) is 21.3 Å². The zero-order valence-electron chi connectivity index (χ0n) is 12.2. The van der Waals surface area contributed by atoms with Gasteiger partial charge in [0.25, 0.3) is 0 Å². The van der Waals surface area contributed by atoms with Crippen LogP contribution in [0.1, 0.15) is 18.6 Å². The topological polar surface area (TPSA) is 82.1 Å². The SMILES string of the molecule is COc1ccc(C(O)C(C)S(C)(=O)=O)c(OC)c1OC. The molecule has 2 atom stereocenters. The largest absolute Gasteiger partial charge is 0.493 e. The van der Waals surface area contributed by atoms with Crippen molar-refractivity contribution >= 4 is 9.84 Å². The van der Waals surface area contributed by atoms with Crippen LogP contribution in [-0.2, 0) is 9.84 Å². The van der Waals surface area contributed by atoms with Crippen LogP contribution >= 0.6 is 0 Å². The van der Waals surface area contributed by atoms with E-state index in [-0.39, 0.29) is 5.75 Å². The van der Waals surface area contributed by atoms with E-state index < -0.39 is 21.2 Å². The van der Waals surface area contributed by atoms with Crippen molar-refractivity contribution in [2.45, 2.75) is 18.3 Å². The second-order valence-corrected chi connectivity index (χ2v) is 6.81. The number of hydrogen-bond acceptors (Lipinski definition) is 6. The monoisotopic (exact) mass is 304 g/mol. The minimum Gasteiger partial charge on any atom is -0.493 e. The molecule has 2 unspecified atom stereocenters. The van der Waals surface area contributed by atoms with Crippen LogP contribution in [0, 0.1) is 0 Å². The van der Waals surface area contributed by atoms with Crippen molar-refractivity contribution in [3.63, 3.8) is 0 Å². The second-order valence-electron chi connectivity index (χ2n) is 4.40. The summed E-state index contributed by atoms with van der Waals surface area (Å²) in [6.45, 7) is 1.44. The molecule has 7 heteroatoms.